The summed E-state index contributed by atoms with van der Waals surface area (Å²) in [6.07, 6.45) is 4.89. The van der Waals surface area contributed by atoms with Crippen molar-refractivity contribution in [3.8, 4) is 5.75 Å². The van der Waals surface area contributed by atoms with Crippen LogP contribution in [0.2, 0.25) is 0 Å². The normalized spacial score (nSPS) is 24.4. The number of likely N-dealkylation sites (tertiary alicyclic amines) is 1. The van der Waals surface area contributed by atoms with Crippen molar-refractivity contribution in [3.63, 3.8) is 0 Å². The predicted molar refractivity (Wildman–Crippen MR) is 131 cm³/mol. The Kier molecular flexibility index (Phi) is 9.00. The van der Waals surface area contributed by atoms with Gasteiger partial charge in [0.05, 0.1) is 5.69 Å². The first kappa shape index (κ1) is 24.3. The SMILES string of the molecule is CCNC(=NCC1CCN(C2CC2)C1)NC1CCN(c2ccccc2OC(F)F)C1.I. The van der Waals surface area contributed by atoms with Crippen molar-refractivity contribution in [1.82, 2.24) is 15.5 Å². The third-order valence-corrected chi connectivity index (χ3v) is 6.18. The zero-order valence-electron chi connectivity index (χ0n) is 18.1. The van der Waals surface area contributed by atoms with Gasteiger partial charge in [-0.05, 0) is 57.2 Å². The van der Waals surface area contributed by atoms with Crippen LogP contribution in [0.15, 0.2) is 29.3 Å². The van der Waals surface area contributed by atoms with Crippen LogP contribution in [-0.2, 0) is 0 Å². The molecule has 9 heteroatoms. The first-order valence-electron chi connectivity index (χ1n) is 11.2. The van der Waals surface area contributed by atoms with Crippen LogP contribution in [-0.4, -0.2) is 68.8 Å². The number of nitrogens with one attached hydrogen (secondary N) is 2. The van der Waals surface area contributed by atoms with Crippen LogP contribution in [0.5, 0.6) is 5.75 Å². The van der Waals surface area contributed by atoms with Gasteiger partial charge in [-0.2, -0.15) is 8.78 Å². The van der Waals surface area contributed by atoms with E-state index >= 15 is 0 Å². The van der Waals surface area contributed by atoms with Gasteiger partial charge in [0.15, 0.2) is 5.96 Å². The molecule has 2 N–H and O–H groups in total. The Morgan fingerprint density at radius 2 is 1.97 bits per heavy atom. The Bertz CT molecular complexity index is 734. The zero-order valence-corrected chi connectivity index (χ0v) is 20.4. The third-order valence-electron chi connectivity index (χ3n) is 6.18. The maximum Gasteiger partial charge on any atom is 0.387 e. The van der Waals surface area contributed by atoms with Crippen LogP contribution >= 0.6 is 24.0 Å². The molecule has 1 aromatic carbocycles. The molecule has 1 aliphatic carbocycles. The number of rotatable bonds is 8. The molecule has 0 amide bonds. The van der Waals surface area contributed by atoms with Crippen molar-refractivity contribution in [3.05, 3.63) is 24.3 Å². The zero-order chi connectivity index (χ0) is 20.9. The molecule has 3 fully saturated rings. The molecule has 31 heavy (non-hydrogen) atoms. The molecule has 0 spiro atoms. The van der Waals surface area contributed by atoms with Gasteiger partial charge in [-0.1, -0.05) is 12.1 Å². The number of aliphatic imine (C=N–C) groups is 1. The van der Waals surface area contributed by atoms with E-state index in [2.05, 4.69) is 27.4 Å². The summed E-state index contributed by atoms with van der Waals surface area (Å²) in [4.78, 5) is 9.57. The lowest BCUT2D eigenvalue weighted by atomic mass is 10.1. The molecule has 2 aliphatic heterocycles. The molecule has 2 unspecified atom stereocenters. The second-order valence-electron chi connectivity index (χ2n) is 8.52. The van der Waals surface area contributed by atoms with Crippen LogP contribution in [0.4, 0.5) is 14.5 Å². The Morgan fingerprint density at radius 3 is 2.71 bits per heavy atom. The highest BCUT2D eigenvalue weighted by atomic mass is 127. The highest BCUT2D eigenvalue weighted by Crippen LogP contribution is 2.32. The van der Waals surface area contributed by atoms with E-state index in [-0.39, 0.29) is 35.8 Å². The molecule has 174 valence electrons. The molecule has 6 nitrogen and oxygen atoms in total. The van der Waals surface area contributed by atoms with Gasteiger partial charge >= 0.3 is 6.61 Å². The third kappa shape index (κ3) is 6.81. The van der Waals surface area contributed by atoms with Crippen LogP contribution in [0.1, 0.15) is 32.6 Å². The molecule has 3 aliphatic rings. The van der Waals surface area contributed by atoms with Crippen molar-refractivity contribution < 1.29 is 13.5 Å². The summed E-state index contributed by atoms with van der Waals surface area (Å²) >= 11 is 0. The van der Waals surface area contributed by atoms with E-state index in [9.17, 15) is 8.78 Å². The minimum atomic E-state index is -2.82. The summed E-state index contributed by atoms with van der Waals surface area (Å²) < 4.78 is 30.2. The smallest absolute Gasteiger partial charge is 0.387 e. The molecular formula is C22H34F2IN5O. The summed E-state index contributed by atoms with van der Waals surface area (Å²) in [6.45, 7) is 4.82. The summed E-state index contributed by atoms with van der Waals surface area (Å²) in [5.41, 5.74) is 0.718. The van der Waals surface area contributed by atoms with Crippen molar-refractivity contribution >= 4 is 35.6 Å². The average Bonchev–Trinajstić information content (AvgIpc) is 3.29. The predicted octanol–water partition coefficient (Wildman–Crippen LogP) is 3.52. The number of halogens is 3. The van der Waals surface area contributed by atoms with Crippen LogP contribution < -0.4 is 20.3 Å². The first-order valence-corrected chi connectivity index (χ1v) is 11.2. The molecule has 1 saturated carbocycles. The van der Waals surface area contributed by atoms with Crippen LogP contribution in [0.3, 0.4) is 0 Å². The Morgan fingerprint density at radius 1 is 1.16 bits per heavy atom. The minimum absolute atomic E-state index is 0. The van der Waals surface area contributed by atoms with E-state index in [1.165, 1.54) is 32.4 Å². The van der Waals surface area contributed by atoms with Gasteiger partial charge in [-0.3, -0.25) is 4.99 Å². The number of anilines is 1. The van der Waals surface area contributed by atoms with Gasteiger partial charge < -0.3 is 25.2 Å². The van der Waals surface area contributed by atoms with Crippen molar-refractivity contribution in [2.75, 3.05) is 44.2 Å². The lowest BCUT2D eigenvalue weighted by Crippen LogP contribution is -2.45. The Balaban J connectivity index is 0.00000272. The van der Waals surface area contributed by atoms with Crippen molar-refractivity contribution in [2.24, 2.45) is 10.9 Å². The second-order valence-corrected chi connectivity index (χ2v) is 8.52. The second kappa shape index (κ2) is 11.5. The number of hydrogen-bond donors (Lipinski definition) is 2. The summed E-state index contributed by atoms with van der Waals surface area (Å²) in [7, 11) is 0. The maximum absolute atomic E-state index is 12.7. The number of alkyl halides is 2. The molecule has 0 radical (unpaired) electrons. The molecule has 2 atom stereocenters. The van der Waals surface area contributed by atoms with Gasteiger partial charge in [0.2, 0.25) is 0 Å². The Hall–Kier alpha value is -1.36. The average molecular weight is 549 g/mol. The maximum atomic E-state index is 12.7. The molecule has 1 aromatic rings. The number of benzene rings is 1. The van der Waals surface area contributed by atoms with E-state index in [1.54, 1.807) is 12.1 Å². The van der Waals surface area contributed by atoms with Gasteiger partial charge in [0.25, 0.3) is 0 Å². The summed E-state index contributed by atoms with van der Waals surface area (Å²) in [5.74, 6) is 1.72. The van der Waals surface area contributed by atoms with E-state index in [1.807, 2.05) is 12.1 Å². The van der Waals surface area contributed by atoms with Crippen LogP contribution in [0.25, 0.3) is 0 Å². The summed E-state index contributed by atoms with van der Waals surface area (Å²) in [6, 6.07) is 8.06. The van der Waals surface area contributed by atoms with E-state index < -0.39 is 6.61 Å². The van der Waals surface area contributed by atoms with Gasteiger partial charge in [-0.25, -0.2) is 0 Å². The fraction of sp³-hybridized carbons (Fsp3) is 0.682. The van der Waals surface area contributed by atoms with E-state index in [4.69, 9.17) is 9.73 Å². The number of ether oxygens (including phenoxy) is 1. The first-order chi connectivity index (χ1) is 14.6. The lowest BCUT2D eigenvalue weighted by molar-refractivity contribution is -0.0495. The molecule has 0 bridgehead atoms. The van der Waals surface area contributed by atoms with Crippen molar-refractivity contribution in [2.45, 2.75) is 51.3 Å². The van der Waals surface area contributed by atoms with E-state index in [0.29, 0.717) is 5.92 Å². The fourth-order valence-electron chi connectivity index (χ4n) is 4.53. The monoisotopic (exact) mass is 549 g/mol. The van der Waals surface area contributed by atoms with Gasteiger partial charge in [-0.15, -0.1) is 24.0 Å². The minimum Gasteiger partial charge on any atom is -0.433 e. The van der Waals surface area contributed by atoms with Crippen LogP contribution in [0, 0.1) is 5.92 Å². The molecule has 2 saturated heterocycles. The standard InChI is InChI=1S/C22H33F2N5O.HI/c1-2-25-22(26-13-16-9-11-28(14-16)18-7-8-18)27-17-10-12-29(15-17)19-5-3-4-6-20(19)30-21(23)24;/h3-6,16-18,21H,2,7-15H2,1H3,(H2,25,26,27);1H. The number of guanidine groups is 1. The molecule has 2 heterocycles. The molecule has 4 rings (SSSR count). The fourth-order valence-corrected chi connectivity index (χ4v) is 4.53. The molecular weight excluding hydrogens is 515 g/mol. The van der Waals surface area contributed by atoms with E-state index in [0.717, 1.165) is 50.3 Å². The summed E-state index contributed by atoms with van der Waals surface area (Å²) in [5, 5.41) is 6.90. The van der Waals surface area contributed by atoms with Crippen molar-refractivity contribution in [1.29, 1.82) is 0 Å². The highest BCUT2D eigenvalue weighted by molar-refractivity contribution is 14.0. The Labute approximate surface area is 200 Å². The topological polar surface area (TPSA) is 52.1 Å². The number of hydrogen-bond acceptors (Lipinski definition) is 4. The quantitative estimate of drug-likeness (QED) is 0.296. The number of nitrogens with zero attached hydrogens (tertiary/aromatic N) is 3. The molecule has 0 aromatic heterocycles. The van der Waals surface area contributed by atoms with Gasteiger partial charge in [0, 0.05) is 44.8 Å². The largest absolute Gasteiger partial charge is 0.433 e. The lowest BCUT2D eigenvalue weighted by Gasteiger charge is -2.22. The number of para-hydroxylation sites is 2. The van der Waals surface area contributed by atoms with Gasteiger partial charge in [0.1, 0.15) is 5.75 Å². The highest BCUT2D eigenvalue weighted by Gasteiger charge is 2.34.